The highest BCUT2D eigenvalue weighted by molar-refractivity contribution is 9.10. The highest BCUT2D eigenvalue weighted by Gasteiger charge is 2.09. The minimum absolute atomic E-state index is 0.0603. The van der Waals surface area contributed by atoms with E-state index in [0.717, 1.165) is 9.37 Å². The summed E-state index contributed by atoms with van der Waals surface area (Å²) in [5, 5.41) is 2.88. The summed E-state index contributed by atoms with van der Waals surface area (Å²) in [7, 11) is 1.58. The number of thioether (sulfide) groups is 1. The maximum absolute atomic E-state index is 12.4. The monoisotopic (exact) mass is 455 g/mol. The molecule has 3 aromatic rings. The van der Waals surface area contributed by atoms with E-state index < -0.39 is 0 Å². The number of nitrogens with one attached hydrogen (secondary N) is 1. The number of Topliss-reactive ketones (excluding diaryl/α,β-unsaturated/α-hetero) is 1. The summed E-state index contributed by atoms with van der Waals surface area (Å²) in [6.45, 7) is 0. The lowest BCUT2D eigenvalue weighted by Crippen LogP contribution is -2.11. The fraction of sp³-hybridized carbons (Fsp3) is 0.0909. The molecule has 142 valence electrons. The Morgan fingerprint density at radius 1 is 0.964 bits per heavy atom. The van der Waals surface area contributed by atoms with Crippen LogP contribution in [0.3, 0.4) is 0 Å². The number of halogens is 1. The predicted molar refractivity (Wildman–Crippen MR) is 117 cm³/mol. The van der Waals surface area contributed by atoms with Gasteiger partial charge in [-0.05, 0) is 54.6 Å². The molecular weight excluding hydrogens is 438 g/mol. The number of methoxy groups -OCH3 is 1. The molecule has 28 heavy (non-hydrogen) atoms. The zero-order valence-electron chi connectivity index (χ0n) is 15.1. The molecule has 0 radical (unpaired) electrons. The molecule has 0 spiro atoms. The number of rotatable bonds is 7. The van der Waals surface area contributed by atoms with E-state index in [0.29, 0.717) is 28.3 Å². The van der Waals surface area contributed by atoms with Gasteiger partial charge in [0.25, 0.3) is 5.91 Å². The minimum atomic E-state index is -0.198. The number of anilines is 1. The van der Waals surface area contributed by atoms with Crippen LogP contribution in [0.25, 0.3) is 0 Å². The van der Waals surface area contributed by atoms with Gasteiger partial charge in [0, 0.05) is 26.2 Å². The lowest BCUT2D eigenvalue weighted by Gasteiger charge is -2.08. The highest BCUT2D eigenvalue weighted by Crippen LogP contribution is 2.23. The molecule has 0 bridgehead atoms. The van der Waals surface area contributed by atoms with Crippen LogP contribution in [0.15, 0.2) is 82.2 Å². The Morgan fingerprint density at radius 2 is 1.64 bits per heavy atom. The highest BCUT2D eigenvalue weighted by atomic mass is 79.9. The van der Waals surface area contributed by atoms with Gasteiger partial charge in [0.15, 0.2) is 5.78 Å². The van der Waals surface area contributed by atoms with Crippen LogP contribution in [0.2, 0.25) is 0 Å². The van der Waals surface area contributed by atoms with Crippen molar-refractivity contribution >= 4 is 45.1 Å². The van der Waals surface area contributed by atoms with Gasteiger partial charge in [-0.3, -0.25) is 9.59 Å². The predicted octanol–water partition coefficient (Wildman–Crippen LogP) is 5.69. The molecule has 3 aromatic carbocycles. The minimum Gasteiger partial charge on any atom is -0.497 e. The van der Waals surface area contributed by atoms with E-state index in [1.54, 1.807) is 43.5 Å². The van der Waals surface area contributed by atoms with Crippen molar-refractivity contribution < 1.29 is 14.3 Å². The van der Waals surface area contributed by atoms with Gasteiger partial charge < -0.3 is 10.1 Å². The largest absolute Gasteiger partial charge is 0.497 e. The van der Waals surface area contributed by atoms with Crippen molar-refractivity contribution in [2.24, 2.45) is 0 Å². The quantitative estimate of drug-likeness (QED) is 0.367. The first-order valence-corrected chi connectivity index (χ1v) is 10.3. The van der Waals surface area contributed by atoms with Crippen molar-refractivity contribution in [3.05, 3.63) is 88.4 Å². The average molecular weight is 456 g/mol. The van der Waals surface area contributed by atoms with E-state index in [1.165, 1.54) is 11.8 Å². The van der Waals surface area contributed by atoms with E-state index in [9.17, 15) is 9.59 Å². The number of ketones is 1. The van der Waals surface area contributed by atoms with E-state index in [-0.39, 0.29) is 11.7 Å². The molecule has 0 heterocycles. The smallest absolute Gasteiger partial charge is 0.255 e. The molecule has 0 aliphatic rings. The van der Waals surface area contributed by atoms with Crippen molar-refractivity contribution in [3.8, 4) is 5.75 Å². The molecular formula is C22H18BrNO3S. The molecule has 1 N–H and O–H groups in total. The fourth-order valence-corrected chi connectivity index (χ4v) is 3.59. The van der Waals surface area contributed by atoms with Crippen LogP contribution in [0.1, 0.15) is 20.7 Å². The molecule has 0 saturated heterocycles. The van der Waals surface area contributed by atoms with Crippen LogP contribution in [-0.4, -0.2) is 24.6 Å². The Kier molecular flexibility index (Phi) is 6.90. The number of ether oxygens (including phenoxy) is 1. The molecule has 0 saturated carbocycles. The second-order valence-electron chi connectivity index (χ2n) is 5.93. The molecule has 1 amide bonds. The van der Waals surface area contributed by atoms with Crippen molar-refractivity contribution in [1.29, 1.82) is 0 Å². The fourth-order valence-electron chi connectivity index (χ4n) is 2.48. The number of carbonyl (C=O) groups excluding carboxylic acids is 2. The van der Waals surface area contributed by atoms with Gasteiger partial charge in [0.05, 0.1) is 12.9 Å². The third-order valence-corrected chi connectivity index (χ3v) is 5.50. The zero-order valence-corrected chi connectivity index (χ0v) is 17.5. The molecule has 0 aromatic heterocycles. The van der Waals surface area contributed by atoms with Crippen LogP contribution in [0.5, 0.6) is 5.75 Å². The lowest BCUT2D eigenvalue weighted by atomic mass is 10.2. The molecule has 0 atom stereocenters. The SMILES string of the molecule is COc1ccc(C(=O)Nc2cccc(SCC(=O)c3ccc(Br)cc3)c2)cc1. The Morgan fingerprint density at radius 3 is 2.32 bits per heavy atom. The van der Waals surface area contributed by atoms with Gasteiger partial charge in [-0.15, -0.1) is 11.8 Å². The first kappa shape index (κ1) is 20.2. The Balaban J connectivity index is 1.60. The van der Waals surface area contributed by atoms with E-state index >= 15 is 0 Å². The van der Waals surface area contributed by atoms with Crippen LogP contribution < -0.4 is 10.1 Å². The Labute approximate surface area is 176 Å². The molecule has 0 unspecified atom stereocenters. The van der Waals surface area contributed by atoms with Gasteiger partial charge in [-0.1, -0.05) is 34.1 Å². The van der Waals surface area contributed by atoms with E-state index in [2.05, 4.69) is 21.2 Å². The standard InChI is InChI=1S/C22H18BrNO3S/c1-27-19-11-7-16(8-12-19)22(26)24-18-3-2-4-20(13-18)28-14-21(25)15-5-9-17(23)10-6-15/h2-13H,14H2,1H3,(H,24,26). The first-order chi connectivity index (χ1) is 13.5. The molecule has 3 rings (SSSR count). The zero-order chi connectivity index (χ0) is 19.9. The van der Waals surface area contributed by atoms with Gasteiger partial charge in [-0.2, -0.15) is 0 Å². The maximum atomic E-state index is 12.4. The van der Waals surface area contributed by atoms with E-state index in [1.807, 2.05) is 36.4 Å². The molecule has 0 aliphatic heterocycles. The van der Waals surface area contributed by atoms with Crippen molar-refractivity contribution in [2.45, 2.75) is 4.90 Å². The number of amides is 1. The number of hydrogen-bond donors (Lipinski definition) is 1. The summed E-state index contributed by atoms with van der Waals surface area (Å²) in [6.07, 6.45) is 0. The van der Waals surface area contributed by atoms with Crippen molar-refractivity contribution in [1.82, 2.24) is 0 Å². The number of hydrogen-bond acceptors (Lipinski definition) is 4. The summed E-state index contributed by atoms with van der Waals surface area (Å²) in [6, 6.07) is 21.7. The van der Waals surface area contributed by atoms with Crippen LogP contribution in [0, 0.1) is 0 Å². The Bertz CT molecular complexity index is 972. The van der Waals surface area contributed by atoms with Gasteiger partial charge in [-0.25, -0.2) is 0 Å². The third-order valence-electron chi connectivity index (χ3n) is 3.98. The second-order valence-corrected chi connectivity index (χ2v) is 7.89. The molecule has 6 heteroatoms. The maximum Gasteiger partial charge on any atom is 0.255 e. The lowest BCUT2D eigenvalue weighted by molar-refractivity contribution is 0.101. The second kappa shape index (κ2) is 9.57. The topological polar surface area (TPSA) is 55.4 Å². The molecule has 0 fully saturated rings. The van der Waals surface area contributed by atoms with Crippen LogP contribution in [-0.2, 0) is 0 Å². The van der Waals surface area contributed by atoms with Gasteiger partial charge >= 0.3 is 0 Å². The summed E-state index contributed by atoms with van der Waals surface area (Å²) < 4.78 is 6.04. The summed E-state index contributed by atoms with van der Waals surface area (Å²) in [4.78, 5) is 25.6. The number of carbonyl (C=O) groups is 2. The number of benzene rings is 3. The first-order valence-electron chi connectivity index (χ1n) is 8.52. The van der Waals surface area contributed by atoms with Crippen molar-refractivity contribution in [2.75, 3.05) is 18.2 Å². The Hall–Kier alpha value is -2.57. The summed E-state index contributed by atoms with van der Waals surface area (Å²) in [5.41, 5.74) is 1.91. The normalized spacial score (nSPS) is 10.4. The summed E-state index contributed by atoms with van der Waals surface area (Å²) >= 11 is 4.81. The average Bonchev–Trinajstić information content (AvgIpc) is 2.73. The summed E-state index contributed by atoms with van der Waals surface area (Å²) in [5.74, 6) is 0.892. The van der Waals surface area contributed by atoms with E-state index in [4.69, 9.17) is 4.74 Å². The van der Waals surface area contributed by atoms with Gasteiger partial charge in [0.1, 0.15) is 5.75 Å². The molecule has 4 nitrogen and oxygen atoms in total. The van der Waals surface area contributed by atoms with Crippen molar-refractivity contribution in [3.63, 3.8) is 0 Å². The third kappa shape index (κ3) is 5.47. The van der Waals surface area contributed by atoms with Crippen LogP contribution >= 0.6 is 27.7 Å². The van der Waals surface area contributed by atoms with Gasteiger partial charge in [0.2, 0.25) is 0 Å². The van der Waals surface area contributed by atoms with Crippen LogP contribution in [0.4, 0.5) is 5.69 Å². The molecule has 0 aliphatic carbocycles.